The lowest BCUT2D eigenvalue weighted by Gasteiger charge is -2.25. The molecule has 0 aromatic carbocycles. The van der Waals surface area contributed by atoms with Gasteiger partial charge >= 0.3 is 5.97 Å². The number of ether oxygens (including phenoxy) is 1. The van der Waals surface area contributed by atoms with Crippen LogP contribution in [0.5, 0.6) is 0 Å². The van der Waals surface area contributed by atoms with Crippen LogP contribution in [0.15, 0.2) is 0 Å². The average Bonchev–Trinajstić information content (AvgIpc) is 2.60. The van der Waals surface area contributed by atoms with Gasteiger partial charge in [0.15, 0.2) is 0 Å². The molecule has 68 valence electrons. The van der Waals surface area contributed by atoms with Crippen LogP contribution in [0.1, 0.15) is 19.3 Å². The molecular weight excluding hydrogens is 156 g/mol. The monoisotopic (exact) mass is 170 g/mol. The summed E-state index contributed by atoms with van der Waals surface area (Å²) in [6.45, 7) is 0. The first-order valence-corrected chi connectivity index (χ1v) is 4.48. The number of hydrogen-bond acceptors (Lipinski definition) is 2. The van der Waals surface area contributed by atoms with Crippen molar-refractivity contribution in [2.24, 2.45) is 17.8 Å². The number of fused-ring (bicyclic) bond motifs is 2. The summed E-state index contributed by atoms with van der Waals surface area (Å²) in [5.74, 6) is 0.136. The van der Waals surface area contributed by atoms with Crippen molar-refractivity contribution in [3.8, 4) is 0 Å². The van der Waals surface area contributed by atoms with Crippen LogP contribution in [0.25, 0.3) is 0 Å². The molecule has 0 aromatic rings. The molecule has 0 amide bonds. The van der Waals surface area contributed by atoms with Crippen LogP contribution in [0.3, 0.4) is 0 Å². The molecule has 2 fully saturated rings. The Morgan fingerprint density at radius 2 is 2.17 bits per heavy atom. The fourth-order valence-corrected chi connectivity index (χ4v) is 2.84. The predicted molar refractivity (Wildman–Crippen MR) is 42.8 cm³/mol. The van der Waals surface area contributed by atoms with Crippen LogP contribution in [-0.4, -0.2) is 24.3 Å². The molecule has 0 heterocycles. The first-order valence-electron chi connectivity index (χ1n) is 4.48. The topological polar surface area (TPSA) is 46.5 Å². The van der Waals surface area contributed by atoms with Gasteiger partial charge in [0, 0.05) is 7.11 Å². The minimum absolute atomic E-state index is 0.131. The zero-order valence-corrected chi connectivity index (χ0v) is 7.19. The first kappa shape index (κ1) is 8.05. The number of methoxy groups -OCH3 is 1. The summed E-state index contributed by atoms with van der Waals surface area (Å²) in [6.07, 6.45) is 3.23. The number of carboxylic acids is 1. The Balaban J connectivity index is 2.09. The van der Waals surface area contributed by atoms with Crippen molar-refractivity contribution in [3.63, 3.8) is 0 Å². The van der Waals surface area contributed by atoms with Crippen LogP contribution in [-0.2, 0) is 9.53 Å². The van der Waals surface area contributed by atoms with Gasteiger partial charge in [0.1, 0.15) is 0 Å². The Bertz CT molecular complexity index is 202. The average molecular weight is 170 g/mol. The molecular formula is C9H14O3. The summed E-state index contributed by atoms with van der Waals surface area (Å²) >= 11 is 0. The lowest BCUT2D eigenvalue weighted by molar-refractivity contribution is -0.145. The van der Waals surface area contributed by atoms with Crippen molar-refractivity contribution in [1.29, 1.82) is 0 Å². The van der Waals surface area contributed by atoms with Crippen LogP contribution in [0.2, 0.25) is 0 Å². The van der Waals surface area contributed by atoms with Crippen LogP contribution in [0.4, 0.5) is 0 Å². The van der Waals surface area contributed by atoms with E-state index in [1.807, 2.05) is 0 Å². The molecule has 1 N–H and O–H groups in total. The van der Waals surface area contributed by atoms with Gasteiger partial charge in [-0.2, -0.15) is 0 Å². The number of aliphatic carboxylic acids is 1. The van der Waals surface area contributed by atoms with Crippen molar-refractivity contribution >= 4 is 5.97 Å². The number of rotatable bonds is 2. The van der Waals surface area contributed by atoms with E-state index in [1.54, 1.807) is 7.11 Å². The van der Waals surface area contributed by atoms with Gasteiger partial charge in [-0.1, -0.05) is 0 Å². The van der Waals surface area contributed by atoms with Gasteiger partial charge in [0.2, 0.25) is 0 Å². The predicted octanol–water partition coefficient (Wildman–Crippen LogP) is 1.13. The number of carbonyl (C=O) groups is 1. The highest BCUT2D eigenvalue weighted by molar-refractivity contribution is 5.71. The Labute approximate surface area is 71.7 Å². The molecule has 3 heteroatoms. The zero-order chi connectivity index (χ0) is 8.72. The molecule has 2 saturated carbocycles. The summed E-state index contributed by atoms with van der Waals surface area (Å²) in [5.41, 5.74) is 0. The second kappa shape index (κ2) is 2.73. The third kappa shape index (κ3) is 1.04. The standard InChI is InChI=1S/C9H14O3/c1-12-8-4-5-2-6(8)7(3-5)9(10)11/h5-8H,2-4H2,1H3,(H,10,11)/t5-,6+,7+,8-/m1/s1. The maximum atomic E-state index is 10.8. The zero-order valence-electron chi connectivity index (χ0n) is 7.19. The van der Waals surface area contributed by atoms with E-state index in [9.17, 15) is 4.79 Å². The smallest absolute Gasteiger partial charge is 0.306 e. The van der Waals surface area contributed by atoms with Crippen molar-refractivity contribution in [3.05, 3.63) is 0 Å². The molecule has 2 aliphatic carbocycles. The van der Waals surface area contributed by atoms with Crippen molar-refractivity contribution in [1.82, 2.24) is 0 Å². The van der Waals surface area contributed by atoms with Crippen molar-refractivity contribution in [2.75, 3.05) is 7.11 Å². The summed E-state index contributed by atoms with van der Waals surface area (Å²) in [6, 6.07) is 0. The van der Waals surface area contributed by atoms with Gasteiger partial charge in [-0.05, 0) is 31.1 Å². The molecule has 0 aromatic heterocycles. The highest BCUT2D eigenvalue weighted by atomic mass is 16.5. The minimum Gasteiger partial charge on any atom is -0.481 e. The summed E-state index contributed by atoms with van der Waals surface area (Å²) in [5, 5.41) is 8.89. The van der Waals surface area contributed by atoms with Crippen molar-refractivity contribution < 1.29 is 14.6 Å². The van der Waals surface area contributed by atoms with E-state index < -0.39 is 5.97 Å². The van der Waals surface area contributed by atoms with Crippen LogP contribution >= 0.6 is 0 Å². The van der Waals surface area contributed by atoms with Gasteiger partial charge in [-0.3, -0.25) is 4.79 Å². The molecule has 0 saturated heterocycles. The Kier molecular flexibility index (Phi) is 1.83. The molecule has 2 rings (SSSR count). The van der Waals surface area contributed by atoms with Gasteiger partial charge in [-0.15, -0.1) is 0 Å². The number of carboxylic acid groups (broad SMARTS) is 1. The second-order valence-corrected chi connectivity index (χ2v) is 3.96. The fourth-order valence-electron chi connectivity index (χ4n) is 2.84. The van der Waals surface area contributed by atoms with Gasteiger partial charge in [0.25, 0.3) is 0 Å². The molecule has 0 radical (unpaired) electrons. The first-order chi connectivity index (χ1) is 5.72. The summed E-state index contributed by atoms with van der Waals surface area (Å²) in [4.78, 5) is 10.8. The van der Waals surface area contributed by atoms with Gasteiger partial charge < -0.3 is 9.84 Å². The molecule has 12 heavy (non-hydrogen) atoms. The van der Waals surface area contributed by atoms with E-state index in [0.717, 1.165) is 19.3 Å². The number of hydrogen-bond donors (Lipinski definition) is 1. The largest absolute Gasteiger partial charge is 0.481 e. The normalized spacial score (nSPS) is 45.1. The van der Waals surface area contributed by atoms with E-state index in [-0.39, 0.29) is 17.9 Å². The third-order valence-electron chi connectivity index (χ3n) is 3.37. The Morgan fingerprint density at radius 3 is 2.67 bits per heavy atom. The van der Waals surface area contributed by atoms with Crippen LogP contribution < -0.4 is 0 Å². The molecule has 2 bridgehead atoms. The molecule has 3 nitrogen and oxygen atoms in total. The van der Waals surface area contributed by atoms with E-state index in [4.69, 9.17) is 9.84 Å². The lowest BCUT2D eigenvalue weighted by Crippen LogP contribution is -2.31. The van der Waals surface area contributed by atoms with Gasteiger partial charge in [-0.25, -0.2) is 0 Å². The summed E-state index contributed by atoms with van der Waals surface area (Å²) < 4.78 is 5.26. The molecule has 0 spiro atoms. The van der Waals surface area contributed by atoms with Crippen molar-refractivity contribution in [2.45, 2.75) is 25.4 Å². The van der Waals surface area contributed by atoms with E-state index >= 15 is 0 Å². The van der Waals surface area contributed by atoms with Gasteiger partial charge in [0.05, 0.1) is 12.0 Å². The lowest BCUT2D eigenvalue weighted by atomic mass is 9.87. The van der Waals surface area contributed by atoms with Crippen LogP contribution in [0, 0.1) is 17.8 Å². The minimum atomic E-state index is -0.635. The molecule has 0 aliphatic heterocycles. The molecule has 2 aliphatic rings. The SMILES string of the molecule is CO[C@@H]1C[C@@H]2C[C@H]1[C@@H](C(=O)O)C2. The quantitative estimate of drug-likeness (QED) is 0.675. The van der Waals surface area contributed by atoms with E-state index in [0.29, 0.717) is 5.92 Å². The van der Waals surface area contributed by atoms with E-state index in [1.165, 1.54) is 0 Å². The summed E-state index contributed by atoms with van der Waals surface area (Å²) in [7, 11) is 1.68. The Hall–Kier alpha value is -0.570. The maximum Gasteiger partial charge on any atom is 0.306 e. The molecule has 4 atom stereocenters. The van der Waals surface area contributed by atoms with E-state index in [2.05, 4.69) is 0 Å². The maximum absolute atomic E-state index is 10.8. The third-order valence-corrected chi connectivity index (χ3v) is 3.37. The fraction of sp³-hybridized carbons (Fsp3) is 0.889. The Morgan fingerprint density at radius 1 is 1.42 bits per heavy atom. The highest BCUT2D eigenvalue weighted by Gasteiger charge is 2.49. The second-order valence-electron chi connectivity index (χ2n) is 3.96. The molecule has 0 unspecified atom stereocenters. The highest BCUT2D eigenvalue weighted by Crippen LogP contribution is 2.49.